The fourth-order valence-corrected chi connectivity index (χ4v) is 5.09. The van der Waals surface area contributed by atoms with Gasteiger partial charge in [-0.3, -0.25) is 0 Å². The number of hydrogen-bond acceptors (Lipinski definition) is 1. The summed E-state index contributed by atoms with van der Waals surface area (Å²) in [5, 5.41) is 4.82. The van der Waals surface area contributed by atoms with E-state index in [2.05, 4.69) is 117 Å². The first kappa shape index (κ1) is 19.8. The average molecular weight is 429 g/mol. The van der Waals surface area contributed by atoms with Gasteiger partial charge in [-0.1, -0.05) is 54.1 Å². The summed E-state index contributed by atoms with van der Waals surface area (Å²) in [7, 11) is 2.12. The minimum absolute atomic E-state index is 0.944. The molecule has 2 aromatic heterocycles. The van der Waals surface area contributed by atoms with E-state index < -0.39 is 0 Å². The van der Waals surface area contributed by atoms with Crippen molar-refractivity contribution in [1.29, 1.82) is 0 Å². The van der Waals surface area contributed by atoms with E-state index in [0.717, 1.165) is 11.2 Å². The zero-order valence-corrected chi connectivity index (χ0v) is 19.4. The number of pyridine rings is 1. The summed E-state index contributed by atoms with van der Waals surface area (Å²) in [6, 6.07) is 28.4. The van der Waals surface area contributed by atoms with Crippen molar-refractivity contribution in [3.05, 3.63) is 102 Å². The highest BCUT2D eigenvalue weighted by atomic mass is 16.3. The van der Waals surface area contributed by atoms with Gasteiger partial charge >= 0.3 is 0 Å². The quantitative estimate of drug-likeness (QED) is 0.257. The van der Waals surface area contributed by atoms with Gasteiger partial charge in [0.2, 0.25) is 5.69 Å². The van der Waals surface area contributed by atoms with Crippen molar-refractivity contribution in [3.8, 4) is 22.4 Å². The number of furan rings is 1. The van der Waals surface area contributed by atoms with Crippen molar-refractivity contribution >= 4 is 32.7 Å². The van der Waals surface area contributed by atoms with Crippen LogP contribution < -0.4 is 4.57 Å². The Hall–Kier alpha value is -3.91. The summed E-state index contributed by atoms with van der Waals surface area (Å²) in [6.45, 7) is 6.48. The first-order chi connectivity index (χ1) is 16.0. The lowest BCUT2D eigenvalue weighted by atomic mass is 9.96. The molecule has 6 aromatic rings. The van der Waals surface area contributed by atoms with Crippen LogP contribution in [0.1, 0.15) is 16.7 Å². The molecule has 2 heteroatoms. The zero-order chi connectivity index (χ0) is 22.7. The third kappa shape index (κ3) is 3.14. The molecule has 4 aromatic carbocycles. The van der Waals surface area contributed by atoms with E-state index in [0.29, 0.717) is 0 Å². The van der Waals surface area contributed by atoms with Crippen LogP contribution in [0.2, 0.25) is 0 Å². The van der Waals surface area contributed by atoms with Crippen molar-refractivity contribution in [1.82, 2.24) is 0 Å². The van der Waals surface area contributed by atoms with Gasteiger partial charge in [0.05, 0.1) is 5.56 Å². The average Bonchev–Trinajstić information content (AvgIpc) is 3.17. The lowest BCUT2D eigenvalue weighted by Gasteiger charge is -2.10. The maximum atomic E-state index is 6.45. The minimum Gasteiger partial charge on any atom is -0.456 e. The van der Waals surface area contributed by atoms with Gasteiger partial charge in [0.25, 0.3) is 0 Å². The largest absolute Gasteiger partial charge is 0.456 e. The molecule has 0 radical (unpaired) electrons. The molecule has 0 unspecified atom stereocenters. The second kappa shape index (κ2) is 7.31. The van der Waals surface area contributed by atoms with Crippen molar-refractivity contribution in [2.45, 2.75) is 20.8 Å². The lowest BCUT2D eigenvalue weighted by Crippen LogP contribution is -2.31. The van der Waals surface area contributed by atoms with Crippen LogP contribution in [0.3, 0.4) is 0 Å². The first-order valence-electron chi connectivity index (χ1n) is 11.4. The van der Waals surface area contributed by atoms with E-state index in [1.807, 2.05) is 0 Å². The van der Waals surface area contributed by atoms with E-state index in [1.165, 1.54) is 60.6 Å². The number of hydrogen-bond donors (Lipinski definition) is 0. The lowest BCUT2D eigenvalue weighted by molar-refractivity contribution is -0.660. The van der Waals surface area contributed by atoms with Crippen LogP contribution in [-0.4, -0.2) is 0 Å². The monoisotopic (exact) mass is 428 g/mol. The molecule has 6 rings (SSSR count). The molecule has 0 aliphatic rings. The van der Waals surface area contributed by atoms with Crippen molar-refractivity contribution < 1.29 is 8.98 Å². The van der Waals surface area contributed by atoms with Crippen LogP contribution in [0.4, 0.5) is 0 Å². The fourth-order valence-electron chi connectivity index (χ4n) is 5.09. The number of aromatic nitrogens is 1. The predicted molar refractivity (Wildman–Crippen MR) is 137 cm³/mol. The van der Waals surface area contributed by atoms with Crippen LogP contribution >= 0.6 is 0 Å². The molecule has 0 aliphatic heterocycles. The zero-order valence-electron chi connectivity index (χ0n) is 19.4. The molecule has 160 valence electrons. The van der Waals surface area contributed by atoms with Crippen LogP contribution in [0, 0.1) is 20.8 Å². The molecule has 0 saturated heterocycles. The summed E-state index contributed by atoms with van der Waals surface area (Å²) in [4.78, 5) is 0. The van der Waals surface area contributed by atoms with E-state index in [9.17, 15) is 0 Å². The van der Waals surface area contributed by atoms with Gasteiger partial charge in [-0.2, -0.15) is 0 Å². The molecular weight excluding hydrogens is 402 g/mol. The number of rotatable bonds is 2. The topological polar surface area (TPSA) is 17.0 Å². The SMILES string of the molecule is Cc1ccc2cc3oc4c(C)c(-c5cc(-c6ccccc6)c(C)c[n+]5C)ccc4c3cc2c1. The number of nitrogens with zero attached hydrogens (tertiary/aromatic N) is 1. The van der Waals surface area contributed by atoms with E-state index in [1.54, 1.807) is 0 Å². The van der Waals surface area contributed by atoms with Gasteiger partial charge < -0.3 is 4.42 Å². The summed E-state index contributed by atoms with van der Waals surface area (Å²) in [5.41, 5.74) is 10.5. The fraction of sp³-hybridized carbons (Fsp3) is 0.129. The Morgan fingerprint density at radius 1 is 0.697 bits per heavy atom. The van der Waals surface area contributed by atoms with Crippen molar-refractivity contribution in [2.75, 3.05) is 0 Å². The number of benzene rings is 4. The third-order valence-corrected chi connectivity index (χ3v) is 6.84. The Morgan fingerprint density at radius 2 is 1.52 bits per heavy atom. The molecule has 0 amide bonds. The molecule has 33 heavy (non-hydrogen) atoms. The Bertz CT molecular complexity index is 1690. The molecule has 0 N–H and O–H groups in total. The Balaban J connectivity index is 1.58. The highest BCUT2D eigenvalue weighted by molar-refractivity contribution is 6.11. The van der Waals surface area contributed by atoms with Crippen molar-refractivity contribution in [2.24, 2.45) is 7.05 Å². The second-order valence-corrected chi connectivity index (χ2v) is 9.15. The molecule has 0 saturated carbocycles. The molecule has 2 heterocycles. The van der Waals surface area contributed by atoms with Gasteiger partial charge in [0.15, 0.2) is 6.20 Å². The van der Waals surface area contributed by atoms with E-state index in [4.69, 9.17) is 4.42 Å². The maximum Gasteiger partial charge on any atom is 0.213 e. The molecule has 0 bridgehead atoms. The van der Waals surface area contributed by atoms with Gasteiger partial charge in [-0.15, -0.1) is 0 Å². The molecule has 0 aliphatic carbocycles. The molecule has 0 atom stereocenters. The molecule has 2 nitrogen and oxygen atoms in total. The normalized spacial score (nSPS) is 11.6. The molecule has 0 fully saturated rings. The van der Waals surface area contributed by atoms with Gasteiger partial charge in [-0.05, 0) is 66.9 Å². The highest BCUT2D eigenvalue weighted by Gasteiger charge is 2.20. The first-order valence-corrected chi connectivity index (χ1v) is 11.4. The number of aryl methyl sites for hydroxylation is 4. The predicted octanol–water partition coefficient (Wildman–Crippen LogP) is 7.82. The van der Waals surface area contributed by atoms with Crippen LogP contribution in [-0.2, 0) is 7.05 Å². The summed E-state index contributed by atoms with van der Waals surface area (Å²) >= 11 is 0. The van der Waals surface area contributed by atoms with Gasteiger partial charge in [-0.25, -0.2) is 4.57 Å². The Kier molecular flexibility index (Phi) is 4.38. The van der Waals surface area contributed by atoms with E-state index >= 15 is 0 Å². The van der Waals surface area contributed by atoms with Gasteiger partial charge in [0.1, 0.15) is 18.2 Å². The van der Waals surface area contributed by atoms with E-state index in [-0.39, 0.29) is 0 Å². The summed E-state index contributed by atoms with van der Waals surface area (Å²) < 4.78 is 8.67. The highest BCUT2D eigenvalue weighted by Crippen LogP contribution is 2.38. The minimum atomic E-state index is 0.944. The Labute approximate surface area is 193 Å². The Morgan fingerprint density at radius 3 is 2.33 bits per heavy atom. The summed E-state index contributed by atoms with van der Waals surface area (Å²) in [5.74, 6) is 0. The third-order valence-electron chi connectivity index (χ3n) is 6.84. The van der Waals surface area contributed by atoms with Gasteiger partial charge in [0, 0.05) is 28.0 Å². The van der Waals surface area contributed by atoms with Crippen LogP contribution in [0.15, 0.2) is 89.5 Å². The van der Waals surface area contributed by atoms with Crippen LogP contribution in [0.25, 0.3) is 55.1 Å². The second-order valence-electron chi connectivity index (χ2n) is 9.15. The smallest absolute Gasteiger partial charge is 0.213 e. The van der Waals surface area contributed by atoms with Crippen molar-refractivity contribution in [3.63, 3.8) is 0 Å². The molecule has 0 spiro atoms. The number of fused-ring (bicyclic) bond motifs is 4. The summed E-state index contributed by atoms with van der Waals surface area (Å²) in [6.07, 6.45) is 2.22. The maximum absolute atomic E-state index is 6.45. The molecular formula is C31H26NO+. The van der Waals surface area contributed by atoms with Crippen LogP contribution in [0.5, 0.6) is 0 Å². The standard InChI is InChI=1S/C31H26NO/c1-19-10-11-23-16-30-28(15-24(23)14-19)26-13-12-25(21(3)31(26)33-30)29-17-27(20(2)18-32(29)4)22-8-6-5-7-9-22/h5-18H,1-4H3/q+1.